The van der Waals surface area contributed by atoms with Crippen molar-refractivity contribution >= 4 is 22.5 Å². The number of halogens is 3. The zero-order valence-electron chi connectivity index (χ0n) is 17.6. The van der Waals surface area contributed by atoms with Crippen molar-refractivity contribution in [1.82, 2.24) is 4.98 Å². The van der Waals surface area contributed by atoms with Crippen molar-refractivity contribution < 1.29 is 18.0 Å². The lowest BCUT2D eigenvalue weighted by atomic mass is 9.88. The number of benzene rings is 2. The predicted octanol–water partition coefficient (Wildman–Crippen LogP) is 6.01. The monoisotopic (exact) mass is 440 g/mol. The second kappa shape index (κ2) is 7.50. The topological polar surface area (TPSA) is 62.0 Å². The van der Waals surface area contributed by atoms with Gasteiger partial charge in [-0.25, -0.2) is 0 Å². The van der Waals surface area contributed by atoms with E-state index in [4.69, 9.17) is 0 Å². The molecule has 2 fully saturated rings. The number of fused-ring (bicyclic) bond motifs is 3. The van der Waals surface area contributed by atoms with Gasteiger partial charge in [-0.05, 0) is 80.2 Å². The van der Waals surface area contributed by atoms with Gasteiger partial charge in [0.2, 0.25) is 5.43 Å². The Labute approximate surface area is 182 Å². The van der Waals surface area contributed by atoms with Crippen LogP contribution in [0.4, 0.5) is 18.9 Å². The third kappa shape index (κ3) is 3.49. The molecule has 0 radical (unpaired) electrons. The van der Waals surface area contributed by atoms with Crippen molar-refractivity contribution in [1.29, 1.82) is 0 Å². The van der Waals surface area contributed by atoms with E-state index in [1.165, 1.54) is 18.3 Å². The summed E-state index contributed by atoms with van der Waals surface area (Å²) < 4.78 is 41.7. The standard InChI is InChI=1S/C25H23F3N2O2/c1-13-2-8-20-17(10-13)23(31)18(12-29-20)24(32)30-21-9-7-16(11-19(21)25(26,27)28)22-14-3-4-15(22)6-5-14/h2,7-12,14-15,22H,3-6H2,1H3,(H,29,31)(H,30,32). The second-order valence-electron chi connectivity index (χ2n) is 9.04. The molecule has 0 atom stereocenters. The van der Waals surface area contributed by atoms with Crippen LogP contribution in [0.3, 0.4) is 0 Å². The molecule has 0 unspecified atom stereocenters. The molecule has 1 heterocycles. The third-order valence-corrected chi connectivity index (χ3v) is 7.10. The Balaban J connectivity index is 1.50. The number of hydrogen-bond donors (Lipinski definition) is 2. The van der Waals surface area contributed by atoms with E-state index in [2.05, 4.69) is 10.3 Å². The van der Waals surface area contributed by atoms with E-state index >= 15 is 0 Å². The number of alkyl halides is 3. The lowest BCUT2D eigenvalue weighted by Crippen LogP contribution is -2.23. The molecule has 7 heteroatoms. The van der Waals surface area contributed by atoms with Crippen molar-refractivity contribution in [2.24, 2.45) is 11.8 Å². The number of aryl methyl sites for hydroxylation is 1. The molecule has 1 aromatic heterocycles. The number of amides is 1. The van der Waals surface area contributed by atoms with Crippen LogP contribution in [0.15, 0.2) is 47.4 Å². The average Bonchev–Trinajstić information content (AvgIpc) is 3.34. The summed E-state index contributed by atoms with van der Waals surface area (Å²) >= 11 is 0. The maximum Gasteiger partial charge on any atom is 0.418 e. The molecule has 3 aromatic rings. The maximum absolute atomic E-state index is 13.9. The van der Waals surface area contributed by atoms with E-state index in [9.17, 15) is 22.8 Å². The molecule has 2 aliphatic rings. The van der Waals surface area contributed by atoms with Gasteiger partial charge >= 0.3 is 6.18 Å². The van der Waals surface area contributed by atoms with E-state index in [0.717, 1.165) is 31.2 Å². The zero-order chi connectivity index (χ0) is 22.6. The number of anilines is 1. The summed E-state index contributed by atoms with van der Waals surface area (Å²) in [6, 6.07) is 9.41. The number of carbonyl (C=O) groups is 1. The van der Waals surface area contributed by atoms with Gasteiger partial charge in [-0.3, -0.25) is 9.59 Å². The van der Waals surface area contributed by atoms with Crippen LogP contribution >= 0.6 is 0 Å². The highest BCUT2D eigenvalue weighted by Gasteiger charge is 2.43. The number of pyridine rings is 1. The first-order valence-electron chi connectivity index (χ1n) is 10.9. The SMILES string of the molecule is Cc1ccc2[nH]cc(C(=O)Nc3ccc(C4C5CCC4CC5)cc3C(F)(F)F)c(=O)c2c1. The minimum absolute atomic E-state index is 0.160. The molecule has 2 aliphatic carbocycles. The summed E-state index contributed by atoms with van der Waals surface area (Å²) in [5.74, 6) is 0.184. The minimum atomic E-state index is -4.62. The molecule has 0 saturated heterocycles. The Morgan fingerprint density at radius 1 is 1.03 bits per heavy atom. The molecule has 2 N–H and O–H groups in total. The quantitative estimate of drug-likeness (QED) is 0.524. The van der Waals surface area contributed by atoms with Gasteiger partial charge < -0.3 is 10.3 Å². The maximum atomic E-state index is 13.9. The van der Waals surface area contributed by atoms with E-state index in [0.29, 0.717) is 28.3 Å². The van der Waals surface area contributed by atoms with Crippen LogP contribution in [0, 0.1) is 18.8 Å². The van der Waals surface area contributed by atoms with Gasteiger partial charge in [-0.1, -0.05) is 17.7 Å². The molecule has 4 nitrogen and oxygen atoms in total. The van der Waals surface area contributed by atoms with Gasteiger partial charge in [-0.2, -0.15) is 13.2 Å². The van der Waals surface area contributed by atoms with Crippen LogP contribution in [-0.4, -0.2) is 10.9 Å². The molecule has 0 spiro atoms. The number of H-pyrrole nitrogens is 1. The number of hydrogen-bond acceptors (Lipinski definition) is 2. The van der Waals surface area contributed by atoms with Crippen LogP contribution in [0.5, 0.6) is 0 Å². The van der Waals surface area contributed by atoms with Crippen molar-refractivity contribution in [3.8, 4) is 0 Å². The molecule has 2 aromatic carbocycles. The largest absolute Gasteiger partial charge is 0.418 e. The minimum Gasteiger partial charge on any atom is -0.360 e. The Hall–Kier alpha value is -3.09. The smallest absolute Gasteiger partial charge is 0.360 e. The molecule has 166 valence electrons. The van der Waals surface area contributed by atoms with E-state index in [-0.39, 0.29) is 17.2 Å². The van der Waals surface area contributed by atoms with Gasteiger partial charge in [0, 0.05) is 17.1 Å². The van der Waals surface area contributed by atoms with E-state index in [1.54, 1.807) is 18.2 Å². The molecule has 32 heavy (non-hydrogen) atoms. The van der Waals surface area contributed by atoms with Crippen molar-refractivity contribution in [3.63, 3.8) is 0 Å². The van der Waals surface area contributed by atoms with Gasteiger partial charge in [0.25, 0.3) is 5.91 Å². The highest BCUT2D eigenvalue weighted by molar-refractivity contribution is 6.06. The van der Waals surface area contributed by atoms with Crippen LogP contribution in [0.2, 0.25) is 0 Å². The summed E-state index contributed by atoms with van der Waals surface area (Å²) in [6.45, 7) is 1.82. The summed E-state index contributed by atoms with van der Waals surface area (Å²) in [5.41, 5.74) is 0.143. The van der Waals surface area contributed by atoms with Crippen LogP contribution in [-0.2, 0) is 6.18 Å². The van der Waals surface area contributed by atoms with Crippen LogP contribution in [0.1, 0.15) is 58.6 Å². The van der Waals surface area contributed by atoms with Crippen LogP contribution in [0.25, 0.3) is 10.9 Å². The van der Waals surface area contributed by atoms with E-state index < -0.39 is 23.1 Å². The lowest BCUT2D eigenvalue weighted by Gasteiger charge is -2.20. The molecule has 2 saturated carbocycles. The van der Waals surface area contributed by atoms with Crippen molar-refractivity contribution in [2.75, 3.05) is 5.32 Å². The Morgan fingerprint density at radius 3 is 2.38 bits per heavy atom. The fourth-order valence-corrected chi connectivity index (χ4v) is 5.60. The van der Waals surface area contributed by atoms with Gasteiger partial charge in [-0.15, -0.1) is 0 Å². The molecule has 5 rings (SSSR count). The number of aromatic nitrogens is 1. The number of aromatic amines is 1. The lowest BCUT2D eigenvalue weighted by molar-refractivity contribution is -0.137. The van der Waals surface area contributed by atoms with Gasteiger partial charge in [0.1, 0.15) is 5.56 Å². The molecule has 2 bridgehead atoms. The third-order valence-electron chi connectivity index (χ3n) is 7.10. The summed E-state index contributed by atoms with van der Waals surface area (Å²) in [5, 5.41) is 2.65. The van der Waals surface area contributed by atoms with E-state index in [1.807, 2.05) is 13.0 Å². The first kappa shape index (κ1) is 20.8. The molecular weight excluding hydrogens is 417 g/mol. The second-order valence-corrected chi connectivity index (χ2v) is 9.04. The first-order valence-corrected chi connectivity index (χ1v) is 10.9. The fourth-order valence-electron chi connectivity index (χ4n) is 5.60. The Bertz CT molecular complexity index is 1260. The molecule has 0 aliphatic heterocycles. The normalized spacial score (nSPS) is 22.4. The highest BCUT2D eigenvalue weighted by Crippen LogP contribution is 2.55. The number of rotatable bonds is 3. The predicted molar refractivity (Wildman–Crippen MR) is 117 cm³/mol. The molecule has 1 amide bonds. The average molecular weight is 440 g/mol. The zero-order valence-corrected chi connectivity index (χ0v) is 17.6. The van der Waals surface area contributed by atoms with Gasteiger partial charge in [0.15, 0.2) is 0 Å². The highest BCUT2D eigenvalue weighted by atomic mass is 19.4. The summed E-state index contributed by atoms with van der Waals surface area (Å²) in [6.07, 6.45) is 0.897. The summed E-state index contributed by atoms with van der Waals surface area (Å²) in [4.78, 5) is 28.5. The fraction of sp³-hybridized carbons (Fsp3) is 0.360. The Kier molecular flexibility index (Phi) is 4.87. The van der Waals surface area contributed by atoms with Crippen LogP contribution < -0.4 is 10.7 Å². The summed E-state index contributed by atoms with van der Waals surface area (Å²) in [7, 11) is 0. The van der Waals surface area contributed by atoms with Crippen molar-refractivity contribution in [2.45, 2.75) is 44.7 Å². The first-order chi connectivity index (χ1) is 15.2. The Morgan fingerprint density at radius 2 is 1.72 bits per heavy atom. The number of carbonyl (C=O) groups excluding carboxylic acids is 1. The number of nitrogens with one attached hydrogen (secondary N) is 2. The molecular formula is C25H23F3N2O2. The van der Waals surface area contributed by atoms with Crippen molar-refractivity contribution in [3.05, 3.63) is 75.1 Å². The van der Waals surface area contributed by atoms with Gasteiger partial charge in [0.05, 0.1) is 11.3 Å².